The van der Waals surface area contributed by atoms with Gasteiger partial charge in [0.05, 0.1) is 17.3 Å². The van der Waals surface area contributed by atoms with Crippen molar-refractivity contribution in [2.75, 3.05) is 25.2 Å². The van der Waals surface area contributed by atoms with Crippen LogP contribution in [0, 0.1) is 0 Å². The van der Waals surface area contributed by atoms with Crippen LogP contribution in [0.15, 0.2) is 24.3 Å². The minimum Gasteiger partial charge on any atom is -0.383 e. The number of para-hydroxylation sites is 1. The van der Waals surface area contributed by atoms with E-state index in [1.807, 2.05) is 6.07 Å². The van der Waals surface area contributed by atoms with Crippen molar-refractivity contribution in [2.24, 2.45) is 5.73 Å². The van der Waals surface area contributed by atoms with Crippen LogP contribution in [0.25, 0.3) is 0 Å². The first-order valence-corrected chi connectivity index (χ1v) is 7.03. The average Bonchev–Trinajstić information content (AvgIpc) is 2.81. The van der Waals surface area contributed by atoms with Crippen molar-refractivity contribution in [3.05, 3.63) is 29.3 Å². The van der Waals surface area contributed by atoms with Gasteiger partial charge in [-0.2, -0.15) is 0 Å². The third-order valence-corrected chi connectivity index (χ3v) is 3.67. The molecule has 114 valence electrons. The van der Waals surface area contributed by atoms with Crippen LogP contribution < -0.4 is 16.0 Å². The molecule has 2 unspecified atom stereocenters. The van der Waals surface area contributed by atoms with Gasteiger partial charge in [-0.1, -0.05) is 23.7 Å². The number of carbonyl (C=O) groups is 2. The molecule has 6 nitrogen and oxygen atoms in total. The smallest absolute Gasteiger partial charge is 0.249 e. The quantitative estimate of drug-likeness (QED) is 0.831. The molecule has 2 amide bonds. The number of amides is 2. The molecule has 0 bridgehead atoms. The molecule has 2 atom stereocenters. The van der Waals surface area contributed by atoms with Crippen LogP contribution in [0.1, 0.15) is 6.42 Å². The van der Waals surface area contributed by atoms with E-state index in [1.165, 1.54) is 7.11 Å². The minimum atomic E-state index is -0.780. The van der Waals surface area contributed by atoms with Crippen molar-refractivity contribution in [1.29, 1.82) is 0 Å². The van der Waals surface area contributed by atoms with Crippen LogP contribution >= 0.6 is 11.6 Å². The second kappa shape index (κ2) is 6.89. The van der Waals surface area contributed by atoms with Gasteiger partial charge in [-0.3, -0.25) is 9.59 Å². The van der Waals surface area contributed by atoms with Gasteiger partial charge >= 0.3 is 0 Å². The lowest BCUT2D eigenvalue weighted by Gasteiger charge is -2.19. The summed E-state index contributed by atoms with van der Waals surface area (Å²) < 4.78 is 4.82. The molecule has 1 aliphatic rings. The van der Waals surface area contributed by atoms with Crippen LogP contribution in [0.3, 0.4) is 0 Å². The summed E-state index contributed by atoms with van der Waals surface area (Å²) in [6.45, 7) is 0.619. The number of carbonyl (C=O) groups excluding carboxylic acids is 2. The molecular weight excluding hydrogens is 294 g/mol. The highest BCUT2D eigenvalue weighted by Crippen LogP contribution is 2.28. The van der Waals surface area contributed by atoms with Crippen LogP contribution in [-0.2, 0) is 14.3 Å². The number of nitrogens with zero attached hydrogens (tertiary/aromatic N) is 1. The summed E-state index contributed by atoms with van der Waals surface area (Å²) in [7, 11) is 1.47. The highest BCUT2D eigenvalue weighted by molar-refractivity contribution is 6.34. The van der Waals surface area contributed by atoms with E-state index in [2.05, 4.69) is 5.32 Å². The maximum absolute atomic E-state index is 12.4. The number of rotatable bonds is 5. The Hall–Kier alpha value is -1.63. The van der Waals surface area contributed by atoms with Gasteiger partial charge in [-0.25, -0.2) is 0 Å². The minimum absolute atomic E-state index is 0.112. The zero-order valence-corrected chi connectivity index (χ0v) is 12.5. The molecule has 1 aromatic carbocycles. The van der Waals surface area contributed by atoms with Crippen molar-refractivity contribution in [1.82, 2.24) is 5.32 Å². The summed E-state index contributed by atoms with van der Waals surface area (Å²) in [4.78, 5) is 25.8. The van der Waals surface area contributed by atoms with Gasteiger partial charge in [0, 0.05) is 13.7 Å². The number of methoxy groups -OCH3 is 1. The molecule has 0 saturated carbocycles. The first-order valence-electron chi connectivity index (χ1n) is 6.65. The molecule has 1 fully saturated rings. The summed E-state index contributed by atoms with van der Waals surface area (Å²) in [6, 6.07) is 5.77. The normalized spacial score (nSPS) is 19.7. The zero-order valence-electron chi connectivity index (χ0n) is 11.7. The van der Waals surface area contributed by atoms with Crippen LogP contribution in [0.4, 0.5) is 5.69 Å². The summed E-state index contributed by atoms with van der Waals surface area (Å²) in [5.74, 6) is -0.572. The van der Waals surface area contributed by atoms with Gasteiger partial charge in [0.1, 0.15) is 12.1 Å². The zero-order chi connectivity index (χ0) is 15.4. The molecular formula is C14H18ClN3O3. The summed E-state index contributed by atoms with van der Waals surface area (Å²) in [5.41, 5.74) is 6.29. The molecule has 0 aromatic heterocycles. The van der Waals surface area contributed by atoms with Gasteiger partial charge in [-0.15, -0.1) is 0 Å². The first-order chi connectivity index (χ1) is 10.0. The summed E-state index contributed by atoms with van der Waals surface area (Å²) in [6.07, 6.45) is 0.523. The highest BCUT2D eigenvalue weighted by Gasteiger charge is 2.35. The van der Waals surface area contributed by atoms with E-state index >= 15 is 0 Å². The van der Waals surface area contributed by atoms with E-state index in [9.17, 15) is 9.59 Å². The maximum Gasteiger partial charge on any atom is 0.249 e. The molecule has 1 heterocycles. The Bertz CT molecular complexity index is 538. The molecule has 2 rings (SSSR count). The van der Waals surface area contributed by atoms with E-state index in [0.717, 1.165) is 0 Å². The predicted octanol–water partition coefficient (Wildman–Crippen LogP) is 0.535. The Labute approximate surface area is 128 Å². The molecule has 7 heteroatoms. The second-order valence-corrected chi connectivity index (χ2v) is 5.26. The Kier molecular flexibility index (Phi) is 5.17. The van der Waals surface area contributed by atoms with Gasteiger partial charge in [0.2, 0.25) is 11.8 Å². The average molecular weight is 312 g/mol. The summed E-state index contributed by atoms with van der Waals surface area (Å²) in [5, 5.41) is 3.16. The predicted molar refractivity (Wildman–Crippen MR) is 80.2 cm³/mol. The van der Waals surface area contributed by atoms with Crippen LogP contribution in [-0.4, -0.2) is 44.2 Å². The van der Waals surface area contributed by atoms with E-state index in [4.69, 9.17) is 22.1 Å². The highest BCUT2D eigenvalue weighted by atomic mass is 35.5. The van der Waals surface area contributed by atoms with Crippen LogP contribution in [0.5, 0.6) is 0 Å². The lowest BCUT2D eigenvalue weighted by Crippen LogP contribution is -2.50. The molecule has 0 radical (unpaired) electrons. The molecule has 1 aliphatic heterocycles. The fourth-order valence-corrected chi connectivity index (χ4v) is 2.50. The number of benzene rings is 1. The first kappa shape index (κ1) is 15.8. The summed E-state index contributed by atoms with van der Waals surface area (Å²) >= 11 is 6.10. The second-order valence-electron chi connectivity index (χ2n) is 4.85. The van der Waals surface area contributed by atoms with Crippen LogP contribution in [0.2, 0.25) is 5.02 Å². The number of halogens is 1. The SMILES string of the molecule is COCC(N)C(=O)NC1CCN(c2ccccc2Cl)C1=O. The van der Waals surface area contributed by atoms with E-state index in [0.29, 0.717) is 23.7 Å². The Morgan fingerprint density at radius 3 is 2.95 bits per heavy atom. The molecule has 21 heavy (non-hydrogen) atoms. The lowest BCUT2D eigenvalue weighted by molar-refractivity contribution is -0.128. The molecule has 0 spiro atoms. The van der Waals surface area contributed by atoms with Gasteiger partial charge in [0.25, 0.3) is 0 Å². The number of nitrogens with one attached hydrogen (secondary N) is 1. The van der Waals surface area contributed by atoms with Crippen molar-refractivity contribution in [3.8, 4) is 0 Å². The topological polar surface area (TPSA) is 84.7 Å². The van der Waals surface area contributed by atoms with Crippen molar-refractivity contribution in [3.63, 3.8) is 0 Å². The Balaban J connectivity index is 2.02. The van der Waals surface area contributed by atoms with E-state index in [-0.39, 0.29) is 12.5 Å². The number of nitrogens with two attached hydrogens (primary N) is 1. The Morgan fingerprint density at radius 1 is 1.57 bits per heavy atom. The van der Waals surface area contributed by atoms with Crippen molar-refractivity contribution in [2.45, 2.75) is 18.5 Å². The number of hydrogen-bond acceptors (Lipinski definition) is 4. The van der Waals surface area contributed by atoms with E-state index in [1.54, 1.807) is 23.1 Å². The van der Waals surface area contributed by atoms with E-state index < -0.39 is 18.0 Å². The monoisotopic (exact) mass is 311 g/mol. The lowest BCUT2D eigenvalue weighted by atomic mass is 10.2. The van der Waals surface area contributed by atoms with Crippen molar-refractivity contribution < 1.29 is 14.3 Å². The van der Waals surface area contributed by atoms with Crippen molar-refractivity contribution >= 4 is 29.1 Å². The standard InChI is InChI=1S/C14H18ClN3O3/c1-21-8-10(16)13(19)17-11-6-7-18(14(11)20)12-5-3-2-4-9(12)15/h2-5,10-11H,6-8,16H2,1H3,(H,17,19). The number of hydrogen-bond donors (Lipinski definition) is 2. The third-order valence-electron chi connectivity index (χ3n) is 3.35. The molecule has 3 N–H and O–H groups in total. The molecule has 1 saturated heterocycles. The Morgan fingerprint density at radius 2 is 2.29 bits per heavy atom. The van der Waals surface area contributed by atoms with Gasteiger partial charge < -0.3 is 20.7 Å². The van der Waals surface area contributed by atoms with Gasteiger partial charge in [-0.05, 0) is 18.6 Å². The molecule has 0 aliphatic carbocycles. The fourth-order valence-electron chi connectivity index (χ4n) is 2.26. The third kappa shape index (κ3) is 3.53. The largest absolute Gasteiger partial charge is 0.383 e. The number of ether oxygens (including phenoxy) is 1. The number of anilines is 1. The van der Waals surface area contributed by atoms with Gasteiger partial charge in [0.15, 0.2) is 0 Å². The molecule has 1 aromatic rings. The fraction of sp³-hybridized carbons (Fsp3) is 0.429. The maximum atomic E-state index is 12.4.